The van der Waals surface area contributed by atoms with Gasteiger partial charge >= 0.3 is 0 Å². The fourth-order valence-corrected chi connectivity index (χ4v) is 3.46. The Labute approximate surface area is 170 Å². The van der Waals surface area contributed by atoms with Gasteiger partial charge in [0, 0.05) is 16.9 Å². The number of hydrogen-bond acceptors (Lipinski definition) is 2. The first kappa shape index (κ1) is 18.2. The Morgan fingerprint density at radius 1 is 1.00 bits per heavy atom. The molecule has 0 atom stereocenters. The zero-order valence-electron chi connectivity index (χ0n) is 15.6. The second-order valence-electron chi connectivity index (χ2n) is 6.40. The average Bonchev–Trinajstić information content (AvgIpc) is 3.08. The highest BCUT2D eigenvalue weighted by molar-refractivity contribution is 7.80. The number of amidine groups is 1. The Kier molecular flexibility index (Phi) is 5.35. The van der Waals surface area contributed by atoms with Crippen molar-refractivity contribution in [2.24, 2.45) is 4.99 Å². The number of nitrogens with zero attached hydrogens (tertiary/aromatic N) is 2. The van der Waals surface area contributed by atoms with Crippen molar-refractivity contribution < 1.29 is 4.74 Å². The number of hydrogen-bond donors (Lipinski definition) is 1. The van der Waals surface area contributed by atoms with E-state index in [9.17, 15) is 0 Å². The van der Waals surface area contributed by atoms with Crippen LogP contribution in [-0.4, -0.2) is 17.6 Å². The van der Waals surface area contributed by atoms with Gasteiger partial charge in [-0.25, -0.2) is 4.99 Å². The van der Waals surface area contributed by atoms with Gasteiger partial charge in [-0.2, -0.15) is 0 Å². The van der Waals surface area contributed by atoms with Crippen molar-refractivity contribution in [2.45, 2.75) is 13.5 Å². The van der Waals surface area contributed by atoms with Gasteiger partial charge in [-0.15, -0.1) is 0 Å². The molecule has 0 bridgehead atoms. The third kappa shape index (κ3) is 3.89. The molecule has 1 heterocycles. The molecule has 1 aliphatic heterocycles. The van der Waals surface area contributed by atoms with E-state index in [4.69, 9.17) is 21.9 Å². The molecular weight excluding hydrogens is 366 g/mol. The molecule has 0 radical (unpaired) electrons. The second kappa shape index (κ2) is 8.23. The number of ether oxygens (including phenoxy) is 1. The van der Waals surface area contributed by atoms with E-state index in [1.807, 2.05) is 55.5 Å². The Hall–Kier alpha value is -3.18. The molecule has 140 valence electrons. The van der Waals surface area contributed by atoms with Crippen molar-refractivity contribution in [3.05, 3.63) is 90.0 Å². The van der Waals surface area contributed by atoms with Gasteiger partial charge in [0.15, 0.2) is 5.11 Å². The van der Waals surface area contributed by atoms with Crippen molar-refractivity contribution in [1.82, 2.24) is 0 Å². The first-order valence-electron chi connectivity index (χ1n) is 9.28. The number of rotatable bonds is 4. The highest BCUT2D eigenvalue weighted by Crippen LogP contribution is 2.30. The van der Waals surface area contributed by atoms with Crippen LogP contribution in [0.4, 0.5) is 11.4 Å². The smallest absolute Gasteiger partial charge is 0.199 e. The monoisotopic (exact) mass is 387 g/mol. The molecule has 0 saturated carbocycles. The van der Waals surface area contributed by atoms with Gasteiger partial charge in [-0.1, -0.05) is 42.5 Å². The quantitative estimate of drug-likeness (QED) is 0.621. The number of anilines is 2. The standard InChI is InChI=1S/C23H21N3OS/c1-2-27-20-14-12-19(13-15-20)26-16-17-8-6-7-11-21(17)22(26)25-23(28)24-18-9-4-3-5-10-18/h3-15H,2,16H2,1H3,(H,24,28)/b25-22+. The molecule has 28 heavy (non-hydrogen) atoms. The number of thiocarbonyl (C=S) groups is 1. The lowest BCUT2D eigenvalue weighted by Gasteiger charge is -2.20. The van der Waals surface area contributed by atoms with Crippen LogP contribution in [0.2, 0.25) is 0 Å². The fraction of sp³-hybridized carbons (Fsp3) is 0.130. The van der Waals surface area contributed by atoms with Crippen molar-refractivity contribution in [1.29, 1.82) is 0 Å². The number of fused-ring (bicyclic) bond motifs is 1. The molecule has 0 spiro atoms. The highest BCUT2D eigenvalue weighted by atomic mass is 32.1. The Bertz CT molecular complexity index is 1000. The minimum absolute atomic E-state index is 0.439. The summed E-state index contributed by atoms with van der Waals surface area (Å²) in [6.07, 6.45) is 0. The van der Waals surface area contributed by atoms with E-state index in [-0.39, 0.29) is 0 Å². The maximum atomic E-state index is 5.56. The molecular formula is C23H21N3OS. The van der Waals surface area contributed by atoms with E-state index in [0.717, 1.165) is 35.1 Å². The normalized spacial score (nSPS) is 14.0. The lowest BCUT2D eigenvalue weighted by Crippen LogP contribution is -2.26. The zero-order chi connectivity index (χ0) is 19.3. The molecule has 0 unspecified atom stereocenters. The van der Waals surface area contributed by atoms with Crippen LogP contribution < -0.4 is 15.0 Å². The van der Waals surface area contributed by atoms with E-state index in [1.54, 1.807) is 0 Å². The lowest BCUT2D eigenvalue weighted by atomic mass is 10.1. The van der Waals surface area contributed by atoms with Crippen LogP contribution in [0.3, 0.4) is 0 Å². The zero-order valence-corrected chi connectivity index (χ0v) is 16.4. The maximum Gasteiger partial charge on any atom is 0.199 e. The molecule has 4 nitrogen and oxygen atoms in total. The first-order chi connectivity index (χ1) is 13.7. The van der Waals surface area contributed by atoms with Crippen molar-refractivity contribution in [3.63, 3.8) is 0 Å². The first-order valence-corrected chi connectivity index (χ1v) is 9.69. The van der Waals surface area contributed by atoms with E-state index in [2.05, 4.69) is 40.5 Å². The van der Waals surface area contributed by atoms with Gasteiger partial charge in [-0.3, -0.25) is 0 Å². The van der Waals surface area contributed by atoms with Crippen molar-refractivity contribution >= 4 is 34.5 Å². The Morgan fingerprint density at radius 3 is 2.46 bits per heavy atom. The third-order valence-corrected chi connectivity index (χ3v) is 4.73. The molecule has 0 aliphatic carbocycles. The van der Waals surface area contributed by atoms with Gasteiger partial charge in [0.05, 0.1) is 13.2 Å². The van der Waals surface area contributed by atoms with Crippen LogP contribution in [0.1, 0.15) is 18.1 Å². The van der Waals surface area contributed by atoms with E-state index < -0.39 is 0 Å². The molecule has 0 saturated heterocycles. The molecule has 5 heteroatoms. The summed E-state index contributed by atoms with van der Waals surface area (Å²) in [6, 6.07) is 26.2. The summed E-state index contributed by atoms with van der Waals surface area (Å²) in [6.45, 7) is 3.40. The number of aliphatic imine (C=N–C) groups is 1. The summed E-state index contributed by atoms with van der Waals surface area (Å²) in [5, 5.41) is 3.63. The van der Waals surface area contributed by atoms with Crippen LogP contribution in [0.15, 0.2) is 83.9 Å². The van der Waals surface area contributed by atoms with E-state index in [1.165, 1.54) is 5.56 Å². The van der Waals surface area contributed by atoms with Crippen molar-refractivity contribution in [3.8, 4) is 5.75 Å². The van der Waals surface area contributed by atoms with E-state index in [0.29, 0.717) is 11.7 Å². The number of para-hydroxylation sites is 1. The SMILES string of the molecule is CCOc1ccc(N2Cc3ccccc3/C2=N\C(=S)Nc2ccccc2)cc1. The largest absolute Gasteiger partial charge is 0.494 e. The van der Waals surface area contributed by atoms with Crippen molar-refractivity contribution in [2.75, 3.05) is 16.8 Å². The van der Waals surface area contributed by atoms with Crippen LogP contribution in [0, 0.1) is 0 Å². The second-order valence-corrected chi connectivity index (χ2v) is 6.79. The topological polar surface area (TPSA) is 36.9 Å². The molecule has 0 amide bonds. The number of nitrogens with one attached hydrogen (secondary N) is 1. The summed E-state index contributed by atoms with van der Waals surface area (Å²) >= 11 is 5.51. The molecule has 0 fully saturated rings. The summed E-state index contributed by atoms with van der Waals surface area (Å²) in [5.74, 6) is 1.72. The maximum absolute atomic E-state index is 5.56. The van der Waals surface area contributed by atoms with Gasteiger partial charge in [0.1, 0.15) is 11.6 Å². The molecule has 1 N–H and O–H groups in total. The Morgan fingerprint density at radius 2 is 1.71 bits per heavy atom. The van der Waals surface area contributed by atoms with E-state index >= 15 is 0 Å². The fourth-order valence-electron chi connectivity index (χ4n) is 3.26. The minimum Gasteiger partial charge on any atom is -0.494 e. The molecule has 1 aliphatic rings. The predicted octanol–water partition coefficient (Wildman–Crippen LogP) is 5.25. The van der Waals surface area contributed by atoms with Gasteiger partial charge in [0.2, 0.25) is 0 Å². The van der Waals surface area contributed by atoms with Crippen LogP contribution in [0.25, 0.3) is 0 Å². The summed E-state index contributed by atoms with van der Waals surface area (Å²) in [7, 11) is 0. The average molecular weight is 388 g/mol. The minimum atomic E-state index is 0.439. The third-order valence-electron chi connectivity index (χ3n) is 4.53. The summed E-state index contributed by atoms with van der Waals surface area (Å²) in [4.78, 5) is 6.94. The summed E-state index contributed by atoms with van der Waals surface area (Å²) in [5.41, 5.74) is 4.32. The Balaban J connectivity index is 1.65. The van der Waals surface area contributed by atoms with Gasteiger partial charge < -0.3 is 15.0 Å². The van der Waals surface area contributed by atoms with Crippen LogP contribution in [-0.2, 0) is 6.54 Å². The number of benzene rings is 3. The molecule has 4 rings (SSSR count). The highest BCUT2D eigenvalue weighted by Gasteiger charge is 2.26. The van der Waals surface area contributed by atoms with Crippen LogP contribution in [0.5, 0.6) is 5.75 Å². The molecule has 0 aromatic heterocycles. The molecule has 3 aromatic carbocycles. The molecule has 3 aromatic rings. The predicted molar refractivity (Wildman–Crippen MR) is 119 cm³/mol. The van der Waals surface area contributed by atoms with Gasteiger partial charge in [-0.05, 0) is 61.1 Å². The van der Waals surface area contributed by atoms with Gasteiger partial charge in [0.25, 0.3) is 0 Å². The lowest BCUT2D eigenvalue weighted by molar-refractivity contribution is 0.340. The van der Waals surface area contributed by atoms with Crippen LogP contribution >= 0.6 is 12.2 Å². The summed E-state index contributed by atoms with van der Waals surface area (Å²) < 4.78 is 5.56.